The van der Waals surface area contributed by atoms with Crippen LogP contribution in [0.5, 0.6) is 5.75 Å². The molecule has 128 valence electrons. The summed E-state index contributed by atoms with van der Waals surface area (Å²) < 4.78 is 5.23. The zero-order valence-electron chi connectivity index (χ0n) is 14.7. The van der Waals surface area contributed by atoms with Gasteiger partial charge in [-0.1, -0.05) is 12.1 Å². The Hall–Kier alpha value is -2.56. The van der Waals surface area contributed by atoms with Crippen molar-refractivity contribution in [1.29, 1.82) is 0 Å². The van der Waals surface area contributed by atoms with Gasteiger partial charge in [0.25, 0.3) is 5.91 Å². The Labute approximate surface area is 143 Å². The van der Waals surface area contributed by atoms with E-state index in [-0.39, 0.29) is 11.4 Å². The number of amides is 1. The number of ether oxygens (including phenoxy) is 1. The maximum absolute atomic E-state index is 12.2. The third-order valence-corrected chi connectivity index (χ3v) is 3.37. The molecular weight excluding hydrogens is 302 g/mol. The molecular formula is C19H25N3O2. The highest BCUT2D eigenvalue weighted by Gasteiger charge is 2.15. The molecule has 2 aromatic rings. The second-order valence-electron chi connectivity index (χ2n) is 6.69. The largest absolute Gasteiger partial charge is 0.497 e. The molecule has 0 unspecified atom stereocenters. The van der Waals surface area contributed by atoms with Gasteiger partial charge in [0.1, 0.15) is 5.75 Å². The standard InChI is InChI=1S/C19H25N3O2/c1-19(2,3)22-18(23)15-11-16(13-20-12-15)21-9-8-14-6-5-7-17(10-14)24-4/h5-7,10-13,21H,8-9H2,1-4H3,(H,22,23). The first-order valence-corrected chi connectivity index (χ1v) is 8.02. The van der Waals surface area contributed by atoms with E-state index in [2.05, 4.69) is 21.7 Å². The predicted molar refractivity (Wildman–Crippen MR) is 96.6 cm³/mol. The van der Waals surface area contributed by atoms with E-state index in [0.717, 1.165) is 24.4 Å². The van der Waals surface area contributed by atoms with Crippen molar-refractivity contribution in [2.24, 2.45) is 0 Å². The van der Waals surface area contributed by atoms with Crippen molar-refractivity contribution < 1.29 is 9.53 Å². The second kappa shape index (κ2) is 7.81. The quantitative estimate of drug-likeness (QED) is 0.855. The molecule has 1 amide bonds. The number of nitrogens with one attached hydrogen (secondary N) is 2. The van der Waals surface area contributed by atoms with E-state index >= 15 is 0 Å². The van der Waals surface area contributed by atoms with Crippen molar-refractivity contribution >= 4 is 11.6 Å². The van der Waals surface area contributed by atoms with Gasteiger partial charge >= 0.3 is 0 Å². The molecule has 0 spiro atoms. The number of carbonyl (C=O) groups excluding carboxylic acids is 1. The summed E-state index contributed by atoms with van der Waals surface area (Å²) in [5, 5.41) is 6.24. The molecule has 1 aromatic heterocycles. The van der Waals surface area contributed by atoms with Crippen LogP contribution >= 0.6 is 0 Å². The lowest BCUT2D eigenvalue weighted by Crippen LogP contribution is -2.40. The monoisotopic (exact) mass is 327 g/mol. The van der Waals surface area contributed by atoms with Crippen LogP contribution in [0, 0.1) is 0 Å². The maximum Gasteiger partial charge on any atom is 0.253 e. The number of aromatic nitrogens is 1. The van der Waals surface area contributed by atoms with Gasteiger partial charge in [-0.15, -0.1) is 0 Å². The minimum absolute atomic E-state index is 0.119. The number of methoxy groups -OCH3 is 1. The number of anilines is 1. The van der Waals surface area contributed by atoms with Crippen LogP contribution < -0.4 is 15.4 Å². The third-order valence-electron chi connectivity index (χ3n) is 3.37. The lowest BCUT2D eigenvalue weighted by atomic mass is 10.1. The van der Waals surface area contributed by atoms with Crippen LogP contribution in [0.4, 0.5) is 5.69 Å². The Morgan fingerprint density at radius 2 is 2.00 bits per heavy atom. The third kappa shape index (κ3) is 5.57. The molecule has 0 fully saturated rings. The molecule has 24 heavy (non-hydrogen) atoms. The van der Waals surface area contributed by atoms with Crippen LogP contribution in [0.3, 0.4) is 0 Å². The van der Waals surface area contributed by atoms with E-state index in [1.807, 2.05) is 45.0 Å². The first-order valence-electron chi connectivity index (χ1n) is 8.02. The van der Waals surface area contributed by atoms with E-state index in [4.69, 9.17) is 4.74 Å². The number of benzene rings is 1. The summed E-state index contributed by atoms with van der Waals surface area (Å²) in [5.74, 6) is 0.737. The molecule has 5 heteroatoms. The van der Waals surface area contributed by atoms with Crippen molar-refractivity contribution in [2.45, 2.75) is 32.7 Å². The molecule has 0 bridgehead atoms. The molecule has 0 atom stereocenters. The average Bonchev–Trinajstić information content (AvgIpc) is 2.54. The lowest BCUT2D eigenvalue weighted by Gasteiger charge is -2.20. The highest BCUT2D eigenvalue weighted by Crippen LogP contribution is 2.14. The Balaban J connectivity index is 1.93. The fourth-order valence-electron chi connectivity index (χ4n) is 2.25. The smallest absolute Gasteiger partial charge is 0.253 e. The Morgan fingerprint density at radius 3 is 2.71 bits per heavy atom. The van der Waals surface area contributed by atoms with Gasteiger partial charge < -0.3 is 15.4 Å². The van der Waals surface area contributed by atoms with Gasteiger partial charge in [0, 0.05) is 24.5 Å². The number of rotatable bonds is 6. The number of hydrogen-bond donors (Lipinski definition) is 2. The lowest BCUT2D eigenvalue weighted by molar-refractivity contribution is 0.0919. The minimum atomic E-state index is -0.271. The molecule has 1 aromatic carbocycles. The molecule has 0 radical (unpaired) electrons. The van der Waals surface area contributed by atoms with Gasteiger partial charge in [-0.05, 0) is 51.0 Å². The summed E-state index contributed by atoms with van der Waals surface area (Å²) in [6, 6.07) is 9.81. The summed E-state index contributed by atoms with van der Waals surface area (Å²) in [5.41, 5.74) is 2.31. The maximum atomic E-state index is 12.2. The number of carbonyl (C=O) groups is 1. The molecule has 5 nitrogen and oxygen atoms in total. The Morgan fingerprint density at radius 1 is 1.21 bits per heavy atom. The average molecular weight is 327 g/mol. The fourth-order valence-corrected chi connectivity index (χ4v) is 2.25. The molecule has 0 aliphatic rings. The van der Waals surface area contributed by atoms with Gasteiger partial charge in [-0.3, -0.25) is 9.78 Å². The predicted octanol–water partition coefficient (Wildman–Crippen LogP) is 3.27. The molecule has 0 saturated heterocycles. The summed E-state index contributed by atoms with van der Waals surface area (Å²) in [6.45, 7) is 6.61. The van der Waals surface area contributed by atoms with Gasteiger partial charge in [-0.2, -0.15) is 0 Å². The van der Waals surface area contributed by atoms with Crippen molar-refractivity contribution in [3.05, 3.63) is 53.9 Å². The van der Waals surface area contributed by atoms with Crippen LogP contribution in [0.1, 0.15) is 36.7 Å². The van der Waals surface area contributed by atoms with Crippen LogP contribution in [0.2, 0.25) is 0 Å². The molecule has 0 aliphatic carbocycles. The number of pyridine rings is 1. The summed E-state index contributed by atoms with van der Waals surface area (Å²) in [4.78, 5) is 16.3. The molecule has 0 saturated carbocycles. The normalized spacial score (nSPS) is 11.0. The van der Waals surface area contributed by atoms with Crippen LogP contribution in [0.25, 0.3) is 0 Å². The van der Waals surface area contributed by atoms with Crippen LogP contribution in [-0.2, 0) is 6.42 Å². The van der Waals surface area contributed by atoms with Gasteiger partial charge in [0.15, 0.2) is 0 Å². The zero-order chi connectivity index (χ0) is 17.6. The Bertz CT molecular complexity index is 693. The van der Waals surface area contributed by atoms with E-state index in [9.17, 15) is 4.79 Å². The van der Waals surface area contributed by atoms with E-state index in [1.54, 1.807) is 19.5 Å². The van der Waals surface area contributed by atoms with Gasteiger partial charge in [-0.25, -0.2) is 0 Å². The van der Waals surface area contributed by atoms with Crippen molar-refractivity contribution in [1.82, 2.24) is 10.3 Å². The topological polar surface area (TPSA) is 63.2 Å². The van der Waals surface area contributed by atoms with Crippen molar-refractivity contribution in [3.63, 3.8) is 0 Å². The molecule has 2 rings (SSSR count). The minimum Gasteiger partial charge on any atom is -0.497 e. The van der Waals surface area contributed by atoms with Gasteiger partial charge in [0.05, 0.1) is 18.4 Å². The summed E-state index contributed by atoms with van der Waals surface area (Å²) in [6.07, 6.45) is 4.16. The zero-order valence-corrected chi connectivity index (χ0v) is 14.7. The van der Waals surface area contributed by atoms with E-state index in [0.29, 0.717) is 5.56 Å². The highest BCUT2D eigenvalue weighted by molar-refractivity contribution is 5.95. The SMILES string of the molecule is COc1cccc(CCNc2cncc(C(=O)NC(C)(C)C)c2)c1. The number of hydrogen-bond acceptors (Lipinski definition) is 4. The molecule has 0 aliphatic heterocycles. The van der Waals surface area contributed by atoms with Crippen molar-refractivity contribution in [2.75, 3.05) is 19.0 Å². The van der Waals surface area contributed by atoms with E-state index < -0.39 is 0 Å². The summed E-state index contributed by atoms with van der Waals surface area (Å²) in [7, 11) is 1.66. The number of nitrogens with zero attached hydrogens (tertiary/aromatic N) is 1. The fraction of sp³-hybridized carbons (Fsp3) is 0.368. The summed E-state index contributed by atoms with van der Waals surface area (Å²) >= 11 is 0. The van der Waals surface area contributed by atoms with Gasteiger partial charge in [0.2, 0.25) is 0 Å². The second-order valence-corrected chi connectivity index (χ2v) is 6.69. The molecule has 2 N–H and O–H groups in total. The van der Waals surface area contributed by atoms with Crippen molar-refractivity contribution in [3.8, 4) is 5.75 Å². The van der Waals surface area contributed by atoms with Crippen LogP contribution in [0.15, 0.2) is 42.7 Å². The first-order chi connectivity index (χ1) is 11.4. The van der Waals surface area contributed by atoms with Crippen LogP contribution in [-0.4, -0.2) is 30.1 Å². The molecule has 1 heterocycles. The van der Waals surface area contributed by atoms with E-state index in [1.165, 1.54) is 5.56 Å². The highest BCUT2D eigenvalue weighted by atomic mass is 16.5. The Kier molecular flexibility index (Phi) is 5.79. The first kappa shape index (κ1) is 17.8.